The van der Waals surface area contributed by atoms with Gasteiger partial charge in [-0.25, -0.2) is 8.42 Å². The van der Waals surface area contributed by atoms with Crippen LogP contribution in [0.15, 0.2) is 64.4 Å². The first-order chi connectivity index (χ1) is 14.8. The van der Waals surface area contributed by atoms with Gasteiger partial charge in [-0.15, -0.1) is 0 Å². The summed E-state index contributed by atoms with van der Waals surface area (Å²) in [6.07, 6.45) is 1.55. The highest BCUT2D eigenvalue weighted by atomic mass is 35.5. The van der Waals surface area contributed by atoms with Crippen LogP contribution in [-0.2, 0) is 26.1 Å². The van der Waals surface area contributed by atoms with Gasteiger partial charge in [0.25, 0.3) is 0 Å². The second-order valence-electron chi connectivity index (χ2n) is 7.06. The van der Waals surface area contributed by atoms with Crippen molar-refractivity contribution in [2.24, 2.45) is 0 Å². The van der Waals surface area contributed by atoms with E-state index in [1.165, 1.54) is 22.5 Å². The number of amides is 1. The number of halogens is 1. The number of nitrogens with zero attached hydrogens (tertiary/aromatic N) is 2. The summed E-state index contributed by atoms with van der Waals surface area (Å²) in [6, 6.07) is 12.3. The molecule has 3 aromatic rings. The van der Waals surface area contributed by atoms with E-state index in [1.54, 1.807) is 41.1 Å². The number of nitrogens with one attached hydrogen (secondary N) is 1. The number of hydrogen-bond donors (Lipinski definition) is 1. The molecule has 0 bridgehead atoms. The number of sulfonamides is 1. The Kier molecular flexibility index (Phi) is 6.10. The number of carbonyl (C=O) groups is 1. The quantitative estimate of drug-likeness (QED) is 0.628. The monoisotopic (exact) mass is 461 g/mol. The molecule has 1 N–H and O–H groups in total. The van der Waals surface area contributed by atoms with Gasteiger partial charge in [0.05, 0.1) is 23.6 Å². The van der Waals surface area contributed by atoms with Gasteiger partial charge in [0.15, 0.2) is 5.43 Å². The number of rotatable bonds is 5. The lowest BCUT2D eigenvalue weighted by atomic mass is 10.2. The predicted octanol–water partition coefficient (Wildman–Crippen LogP) is 2.31. The van der Waals surface area contributed by atoms with Crippen LogP contribution in [0.5, 0.6) is 0 Å². The fraction of sp³-hybridized carbons (Fsp3) is 0.238. The molecular formula is C21H20ClN3O5S. The highest BCUT2D eigenvalue weighted by Gasteiger charge is 2.26. The van der Waals surface area contributed by atoms with E-state index in [2.05, 4.69) is 5.32 Å². The van der Waals surface area contributed by atoms with Gasteiger partial charge in [-0.2, -0.15) is 4.31 Å². The number of anilines is 1. The molecule has 162 valence electrons. The molecule has 0 aliphatic carbocycles. The molecular weight excluding hydrogens is 442 g/mol. The molecule has 1 amide bonds. The van der Waals surface area contributed by atoms with Crippen LogP contribution in [0.2, 0.25) is 5.02 Å². The SMILES string of the molecule is O=C(Cn1ccc(=O)c2cc(Cl)ccc21)Nc1ccc(S(=O)(=O)N2CCOCC2)cc1. The summed E-state index contributed by atoms with van der Waals surface area (Å²) in [5.41, 5.74) is 0.893. The highest BCUT2D eigenvalue weighted by molar-refractivity contribution is 7.89. The summed E-state index contributed by atoms with van der Waals surface area (Å²) in [5, 5.41) is 3.62. The van der Waals surface area contributed by atoms with Crippen LogP contribution in [0.4, 0.5) is 5.69 Å². The lowest BCUT2D eigenvalue weighted by Crippen LogP contribution is -2.40. The van der Waals surface area contributed by atoms with Crippen molar-refractivity contribution in [2.45, 2.75) is 11.4 Å². The Morgan fingerprint density at radius 2 is 1.77 bits per heavy atom. The molecule has 0 radical (unpaired) electrons. The summed E-state index contributed by atoms with van der Waals surface area (Å²) < 4.78 is 33.6. The minimum Gasteiger partial charge on any atom is -0.379 e. The fourth-order valence-corrected chi connectivity index (χ4v) is 5.00. The average molecular weight is 462 g/mol. The Morgan fingerprint density at radius 1 is 1.06 bits per heavy atom. The van der Waals surface area contributed by atoms with E-state index in [1.807, 2.05) is 0 Å². The zero-order valence-electron chi connectivity index (χ0n) is 16.5. The standard InChI is InChI=1S/C21H20ClN3O5S/c22-15-1-6-19-18(13-15)20(26)7-8-24(19)14-21(27)23-16-2-4-17(5-3-16)31(28,29)25-9-11-30-12-10-25/h1-8,13H,9-12,14H2,(H,23,27). The minimum absolute atomic E-state index is 0.0216. The van der Waals surface area contributed by atoms with Gasteiger partial charge in [-0.1, -0.05) is 11.6 Å². The number of morpholine rings is 1. The van der Waals surface area contributed by atoms with E-state index in [9.17, 15) is 18.0 Å². The molecule has 4 rings (SSSR count). The molecule has 8 nitrogen and oxygen atoms in total. The molecule has 10 heteroatoms. The molecule has 31 heavy (non-hydrogen) atoms. The van der Waals surface area contributed by atoms with Crippen LogP contribution in [-0.4, -0.2) is 49.5 Å². The zero-order valence-corrected chi connectivity index (χ0v) is 18.0. The Morgan fingerprint density at radius 3 is 2.48 bits per heavy atom. The third kappa shape index (κ3) is 4.64. The smallest absolute Gasteiger partial charge is 0.244 e. The molecule has 2 heterocycles. The van der Waals surface area contributed by atoms with Crippen molar-refractivity contribution in [1.82, 2.24) is 8.87 Å². The van der Waals surface area contributed by atoms with Gasteiger partial charge in [0, 0.05) is 41.4 Å². The number of benzene rings is 2. The first kappa shape index (κ1) is 21.5. The normalized spacial score (nSPS) is 15.1. The summed E-state index contributed by atoms with van der Waals surface area (Å²) in [5.74, 6) is -0.316. The third-order valence-electron chi connectivity index (χ3n) is 5.00. The van der Waals surface area contributed by atoms with Crippen molar-refractivity contribution in [2.75, 3.05) is 31.6 Å². The van der Waals surface area contributed by atoms with Crippen LogP contribution < -0.4 is 10.7 Å². The van der Waals surface area contributed by atoms with Crippen LogP contribution in [0.25, 0.3) is 10.9 Å². The number of ether oxygens (including phenoxy) is 1. The number of hydrogen-bond acceptors (Lipinski definition) is 5. The number of fused-ring (bicyclic) bond motifs is 1. The molecule has 0 unspecified atom stereocenters. The Balaban J connectivity index is 1.48. The summed E-state index contributed by atoms with van der Waals surface area (Å²) in [7, 11) is -3.59. The van der Waals surface area contributed by atoms with Crippen molar-refractivity contribution < 1.29 is 17.9 Å². The van der Waals surface area contributed by atoms with Gasteiger partial charge >= 0.3 is 0 Å². The first-order valence-electron chi connectivity index (χ1n) is 9.61. The molecule has 2 aromatic carbocycles. The van der Waals surface area contributed by atoms with E-state index in [0.717, 1.165) is 0 Å². The number of aromatic nitrogens is 1. The van der Waals surface area contributed by atoms with Gasteiger partial charge in [0.2, 0.25) is 15.9 Å². The van der Waals surface area contributed by atoms with E-state index < -0.39 is 10.0 Å². The highest BCUT2D eigenvalue weighted by Crippen LogP contribution is 2.20. The predicted molar refractivity (Wildman–Crippen MR) is 118 cm³/mol. The van der Waals surface area contributed by atoms with Gasteiger partial charge < -0.3 is 14.6 Å². The van der Waals surface area contributed by atoms with Crippen LogP contribution in [0, 0.1) is 0 Å². The molecule has 0 spiro atoms. The van der Waals surface area contributed by atoms with Crippen molar-refractivity contribution in [3.05, 3.63) is 70.0 Å². The largest absolute Gasteiger partial charge is 0.379 e. The van der Waals surface area contributed by atoms with E-state index in [4.69, 9.17) is 16.3 Å². The molecule has 0 atom stereocenters. The van der Waals surface area contributed by atoms with E-state index in [0.29, 0.717) is 47.9 Å². The first-order valence-corrected chi connectivity index (χ1v) is 11.4. The Labute approximate surface area is 184 Å². The summed E-state index contributed by atoms with van der Waals surface area (Å²) >= 11 is 5.97. The Hall–Kier alpha value is -2.72. The molecule has 1 aliphatic rings. The molecule has 1 aromatic heterocycles. The topological polar surface area (TPSA) is 97.7 Å². The average Bonchev–Trinajstić information content (AvgIpc) is 2.77. The second-order valence-corrected chi connectivity index (χ2v) is 9.43. The Bertz CT molecular complexity index is 1280. The maximum Gasteiger partial charge on any atom is 0.244 e. The molecule has 1 fully saturated rings. The van der Waals surface area contributed by atoms with Gasteiger partial charge in [-0.3, -0.25) is 9.59 Å². The summed E-state index contributed by atoms with van der Waals surface area (Å²) in [6.45, 7) is 1.36. The summed E-state index contributed by atoms with van der Waals surface area (Å²) in [4.78, 5) is 24.7. The van der Waals surface area contributed by atoms with Gasteiger partial charge in [0.1, 0.15) is 6.54 Å². The van der Waals surface area contributed by atoms with Crippen molar-refractivity contribution in [3.63, 3.8) is 0 Å². The fourth-order valence-electron chi connectivity index (χ4n) is 3.42. The maximum atomic E-state index is 12.7. The third-order valence-corrected chi connectivity index (χ3v) is 7.15. The van der Waals surface area contributed by atoms with Crippen LogP contribution in [0.3, 0.4) is 0 Å². The van der Waals surface area contributed by atoms with Gasteiger partial charge in [-0.05, 0) is 42.5 Å². The number of carbonyl (C=O) groups excluding carboxylic acids is 1. The molecule has 1 aliphatic heterocycles. The maximum absolute atomic E-state index is 12.7. The number of pyridine rings is 1. The molecule has 1 saturated heterocycles. The van der Waals surface area contributed by atoms with Crippen molar-refractivity contribution in [1.29, 1.82) is 0 Å². The van der Waals surface area contributed by atoms with Crippen molar-refractivity contribution in [3.8, 4) is 0 Å². The van der Waals surface area contributed by atoms with Crippen LogP contribution >= 0.6 is 11.6 Å². The molecule has 0 saturated carbocycles. The zero-order chi connectivity index (χ0) is 22.0. The lowest BCUT2D eigenvalue weighted by Gasteiger charge is -2.26. The second kappa shape index (κ2) is 8.80. The minimum atomic E-state index is -3.59. The van der Waals surface area contributed by atoms with Crippen LogP contribution in [0.1, 0.15) is 0 Å². The van der Waals surface area contributed by atoms with E-state index in [-0.39, 0.29) is 22.8 Å². The lowest BCUT2D eigenvalue weighted by molar-refractivity contribution is -0.116. The van der Waals surface area contributed by atoms with Crippen molar-refractivity contribution >= 4 is 44.1 Å². The van der Waals surface area contributed by atoms with E-state index >= 15 is 0 Å².